The predicted octanol–water partition coefficient (Wildman–Crippen LogP) is 13.4. The number of benzene rings is 9. The molecule has 288 valence electrons. The molecule has 9 aromatic rings. The number of nitrogens with one attached hydrogen (secondary N) is 1. The minimum atomic E-state index is -0.473. The van der Waals surface area contributed by atoms with Crippen molar-refractivity contribution in [1.82, 2.24) is 5.32 Å². The maximum absolute atomic E-state index is 10.2. The van der Waals surface area contributed by atoms with Gasteiger partial charge in [-0.3, -0.25) is 0 Å². The second kappa shape index (κ2) is 15.2. The van der Waals surface area contributed by atoms with Crippen LogP contribution in [0.5, 0.6) is 0 Å². The van der Waals surface area contributed by atoms with Crippen LogP contribution in [-0.4, -0.2) is 11.7 Å². The van der Waals surface area contributed by atoms with E-state index in [1.165, 1.54) is 38.6 Å². The van der Waals surface area contributed by atoms with Crippen LogP contribution in [0.25, 0.3) is 77.5 Å². The molecule has 11 rings (SSSR count). The third kappa shape index (κ3) is 6.25. The Balaban J connectivity index is 1.06. The monoisotopic (exact) mass is 789 g/mol. The molecule has 0 saturated heterocycles. The van der Waals surface area contributed by atoms with E-state index in [1.54, 1.807) is 0 Å². The molecule has 0 bridgehead atoms. The molecular weight excluding hydrogens is 755 g/mol. The Bertz CT molecular complexity index is 3400. The molecule has 1 N–H and O–H groups in total. The first-order chi connectivity index (χ1) is 30.6. The van der Waals surface area contributed by atoms with Gasteiger partial charge in [0.15, 0.2) is 5.84 Å². The highest BCUT2D eigenvalue weighted by Gasteiger charge is 2.27. The number of aliphatic imine (C=N–C) groups is 2. The van der Waals surface area contributed by atoms with Crippen molar-refractivity contribution >= 4 is 22.4 Å². The predicted molar refractivity (Wildman–Crippen MR) is 251 cm³/mol. The van der Waals surface area contributed by atoms with E-state index < -0.39 is 6.17 Å². The molecule has 0 aromatic heterocycles. The SMILES string of the molecule is N#Cc1ccc(-c2ccccc2C2N=C(c3ccccc3-c3ccc(C#N)cc3-c3cccc(-c4ccc5cccc6c5c4-c4ccccc4-6)c3)N=C(c3ccccc3)N2)cc1. The largest absolute Gasteiger partial charge is 0.344 e. The van der Waals surface area contributed by atoms with Gasteiger partial charge in [-0.05, 0) is 108 Å². The third-order valence-electron chi connectivity index (χ3n) is 12.0. The average molecular weight is 790 g/mol. The lowest BCUT2D eigenvalue weighted by atomic mass is 9.87. The van der Waals surface area contributed by atoms with E-state index >= 15 is 0 Å². The molecule has 1 heterocycles. The molecule has 0 amide bonds. The Morgan fingerprint density at radius 3 is 1.76 bits per heavy atom. The first kappa shape index (κ1) is 36.4. The molecule has 9 aromatic carbocycles. The van der Waals surface area contributed by atoms with Crippen LogP contribution in [0.3, 0.4) is 0 Å². The highest BCUT2D eigenvalue weighted by atomic mass is 15.2. The summed E-state index contributed by atoms with van der Waals surface area (Å²) in [4.78, 5) is 10.6. The van der Waals surface area contributed by atoms with E-state index in [0.717, 1.165) is 55.6 Å². The lowest BCUT2D eigenvalue weighted by Crippen LogP contribution is -2.34. The molecular formula is C57H35N5. The van der Waals surface area contributed by atoms with Crippen molar-refractivity contribution in [2.45, 2.75) is 6.17 Å². The minimum absolute atomic E-state index is 0.473. The van der Waals surface area contributed by atoms with E-state index in [0.29, 0.717) is 22.8 Å². The minimum Gasteiger partial charge on any atom is -0.344 e. The maximum Gasteiger partial charge on any atom is 0.160 e. The summed E-state index contributed by atoms with van der Waals surface area (Å²) < 4.78 is 0. The Labute approximate surface area is 359 Å². The summed E-state index contributed by atoms with van der Waals surface area (Å²) in [6.07, 6.45) is -0.473. The molecule has 1 aliphatic carbocycles. The second-order valence-electron chi connectivity index (χ2n) is 15.5. The summed E-state index contributed by atoms with van der Waals surface area (Å²) in [5.41, 5.74) is 17.2. The van der Waals surface area contributed by atoms with E-state index in [-0.39, 0.29) is 0 Å². The Morgan fingerprint density at radius 1 is 0.403 bits per heavy atom. The lowest BCUT2D eigenvalue weighted by Gasteiger charge is -2.26. The van der Waals surface area contributed by atoms with Crippen LogP contribution in [0.4, 0.5) is 0 Å². The summed E-state index contributed by atoms with van der Waals surface area (Å²) in [5.74, 6) is 1.31. The van der Waals surface area contributed by atoms with Gasteiger partial charge in [-0.15, -0.1) is 0 Å². The fourth-order valence-electron chi connectivity index (χ4n) is 9.11. The van der Waals surface area contributed by atoms with Gasteiger partial charge in [-0.2, -0.15) is 10.5 Å². The third-order valence-corrected chi connectivity index (χ3v) is 12.0. The van der Waals surface area contributed by atoms with Crippen LogP contribution in [0, 0.1) is 22.7 Å². The summed E-state index contributed by atoms with van der Waals surface area (Å²) in [6, 6.07) is 73.3. The highest BCUT2D eigenvalue weighted by Crippen LogP contribution is 2.51. The molecule has 0 fully saturated rings. The molecule has 1 aliphatic heterocycles. The molecule has 62 heavy (non-hydrogen) atoms. The number of fused-ring (bicyclic) bond motifs is 3. The number of nitriles is 2. The van der Waals surface area contributed by atoms with Gasteiger partial charge in [0.1, 0.15) is 12.0 Å². The zero-order valence-electron chi connectivity index (χ0n) is 33.4. The first-order valence-electron chi connectivity index (χ1n) is 20.6. The molecule has 5 heteroatoms. The van der Waals surface area contributed by atoms with E-state index in [9.17, 15) is 10.5 Å². The summed E-state index contributed by atoms with van der Waals surface area (Å²) in [7, 11) is 0. The Kier molecular flexibility index (Phi) is 8.93. The van der Waals surface area contributed by atoms with Crippen LogP contribution >= 0.6 is 0 Å². The van der Waals surface area contributed by atoms with E-state index in [1.807, 2.05) is 78.9 Å². The zero-order chi connectivity index (χ0) is 41.6. The van der Waals surface area contributed by atoms with Gasteiger partial charge in [-0.1, -0.05) is 170 Å². The topological polar surface area (TPSA) is 84.3 Å². The van der Waals surface area contributed by atoms with Gasteiger partial charge in [0.25, 0.3) is 0 Å². The van der Waals surface area contributed by atoms with E-state index in [2.05, 4.69) is 139 Å². The van der Waals surface area contributed by atoms with Gasteiger partial charge >= 0.3 is 0 Å². The number of rotatable bonds is 7. The molecule has 0 saturated carbocycles. The molecule has 2 aliphatic rings. The van der Waals surface area contributed by atoms with Crippen LogP contribution in [-0.2, 0) is 0 Å². The molecule has 0 spiro atoms. The van der Waals surface area contributed by atoms with Gasteiger partial charge in [-0.25, -0.2) is 9.98 Å². The van der Waals surface area contributed by atoms with Crippen molar-refractivity contribution in [2.24, 2.45) is 9.98 Å². The van der Waals surface area contributed by atoms with Crippen molar-refractivity contribution in [2.75, 3.05) is 0 Å². The zero-order valence-corrected chi connectivity index (χ0v) is 33.4. The summed E-state index contributed by atoms with van der Waals surface area (Å²) >= 11 is 0. The van der Waals surface area contributed by atoms with Gasteiger partial charge < -0.3 is 5.32 Å². The van der Waals surface area contributed by atoms with Crippen LogP contribution in [0.2, 0.25) is 0 Å². The fourth-order valence-corrected chi connectivity index (χ4v) is 9.11. The van der Waals surface area contributed by atoms with Gasteiger partial charge in [0, 0.05) is 16.7 Å². The number of hydrogen-bond donors (Lipinski definition) is 1. The van der Waals surface area contributed by atoms with Crippen LogP contribution in [0.1, 0.15) is 34.0 Å². The smallest absolute Gasteiger partial charge is 0.160 e. The normalized spacial score (nSPS) is 13.6. The van der Waals surface area contributed by atoms with Crippen molar-refractivity contribution in [3.63, 3.8) is 0 Å². The Hall–Kier alpha value is -8.64. The van der Waals surface area contributed by atoms with Gasteiger partial charge in [0.05, 0.1) is 23.3 Å². The van der Waals surface area contributed by atoms with E-state index in [4.69, 9.17) is 9.98 Å². The standard InChI is InChI=1S/C57H35N5/c58-34-36-24-27-38(28-25-36)43-17-4-8-21-50(43)56-60-55(40-12-2-1-3-13-40)61-57(62-56)51-22-9-6-18-45(51)47-30-26-37(35-59)32-52(47)42-16-10-15-41(33-42)44-31-29-39-14-11-23-48-46-19-5-7-20-49(46)54(44)53(39)48/h1-33,56H,(H,60,61,62). The molecule has 0 radical (unpaired) electrons. The number of nitrogens with zero attached hydrogens (tertiary/aromatic N) is 4. The van der Waals surface area contributed by atoms with Crippen molar-refractivity contribution in [1.29, 1.82) is 10.5 Å². The van der Waals surface area contributed by atoms with Crippen LogP contribution < -0.4 is 5.32 Å². The average Bonchev–Trinajstić information content (AvgIpc) is 3.69. The first-order valence-corrected chi connectivity index (χ1v) is 20.6. The van der Waals surface area contributed by atoms with Gasteiger partial charge in [0.2, 0.25) is 0 Å². The number of hydrogen-bond acceptors (Lipinski definition) is 5. The molecule has 5 nitrogen and oxygen atoms in total. The highest BCUT2D eigenvalue weighted by molar-refractivity contribution is 6.19. The van der Waals surface area contributed by atoms with Crippen molar-refractivity contribution in [3.8, 4) is 78.9 Å². The lowest BCUT2D eigenvalue weighted by molar-refractivity contribution is 0.676. The fraction of sp³-hybridized carbons (Fsp3) is 0.0175. The number of amidine groups is 2. The van der Waals surface area contributed by atoms with Crippen LogP contribution in [0.15, 0.2) is 210 Å². The molecule has 1 unspecified atom stereocenters. The summed E-state index contributed by atoms with van der Waals surface area (Å²) in [6.45, 7) is 0. The summed E-state index contributed by atoms with van der Waals surface area (Å²) in [5, 5.41) is 25.9. The quantitative estimate of drug-likeness (QED) is 0.174. The van der Waals surface area contributed by atoms with Crippen molar-refractivity contribution < 1.29 is 0 Å². The van der Waals surface area contributed by atoms with Crippen molar-refractivity contribution in [3.05, 3.63) is 228 Å². The second-order valence-corrected chi connectivity index (χ2v) is 15.5. The molecule has 1 atom stereocenters. The Morgan fingerprint density at radius 2 is 0.984 bits per heavy atom. The maximum atomic E-state index is 10.2.